The van der Waals surface area contributed by atoms with Crippen LogP contribution in [0.2, 0.25) is 0 Å². The van der Waals surface area contributed by atoms with Crippen molar-refractivity contribution < 1.29 is 4.79 Å². The molecule has 3 heteroatoms. The molecule has 1 aliphatic heterocycles. The van der Waals surface area contributed by atoms with Crippen molar-refractivity contribution >= 4 is 5.91 Å². The standard InChI is InChI=1S/C11H16N2O/c1-2-11(14)13-6-8-4-3-5-10(12)9(8)7-13/h1,8-10H,3-7,12H2. The van der Waals surface area contributed by atoms with Gasteiger partial charge in [0.15, 0.2) is 0 Å². The highest BCUT2D eigenvalue weighted by Crippen LogP contribution is 2.35. The Labute approximate surface area is 84.6 Å². The number of carbonyl (C=O) groups excluding carboxylic acids is 1. The topological polar surface area (TPSA) is 46.3 Å². The van der Waals surface area contributed by atoms with Crippen LogP contribution >= 0.6 is 0 Å². The van der Waals surface area contributed by atoms with Gasteiger partial charge in [-0.1, -0.05) is 6.42 Å². The van der Waals surface area contributed by atoms with E-state index in [0.717, 1.165) is 19.5 Å². The minimum atomic E-state index is -0.174. The number of rotatable bonds is 0. The molecule has 1 aliphatic carbocycles. The Kier molecular flexibility index (Phi) is 2.47. The molecule has 3 nitrogen and oxygen atoms in total. The number of terminal acetylenes is 1. The molecular formula is C11H16N2O. The molecule has 2 N–H and O–H groups in total. The first-order chi connectivity index (χ1) is 6.72. The normalized spacial score (nSPS) is 36.3. The number of nitrogens with zero attached hydrogens (tertiary/aromatic N) is 1. The molecule has 3 atom stereocenters. The second-order valence-corrected chi connectivity index (χ2v) is 4.37. The lowest BCUT2D eigenvalue weighted by molar-refractivity contribution is -0.124. The molecule has 1 saturated carbocycles. The molecule has 1 saturated heterocycles. The number of amides is 1. The van der Waals surface area contributed by atoms with E-state index in [1.807, 2.05) is 0 Å². The van der Waals surface area contributed by atoms with E-state index >= 15 is 0 Å². The van der Waals surface area contributed by atoms with Gasteiger partial charge in [0.05, 0.1) is 0 Å². The lowest BCUT2D eigenvalue weighted by Gasteiger charge is -2.29. The molecule has 2 rings (SSSR count). The highest BCUT2D eigenvalue weighted by atomic mass is 16.2. The highest BCUT2D eigenvalue weighted by Gasteiger charge is 2.39. The van der Waals surface area contributed by atoms with E-state index in [-0.39, 0.29) is 11.9 Å². The molecule has 2 fully saturated rings. The van der Waals surface area contributed by atoms with Gasteiger partial charge >= 0.3 is 0 Å². The zero-order chi connectivity index (χ0) is 10.1. The van der Waals surface area contributed by atoms with Gasteiger partial charge in [-0.3, -0.25) is 4.79 Å². The summed E-state index contributed by atoms with van der Waals surface area (Å²) in [6, 6.07) is 0.268. The van der Waals surface area contributed by atoms with Crippen molar-refractivity contribution in [1.82, 2.24) is 4.90 Å². The van der Waals surface area contributed by atoms with Crippen molar-refractivity contribution in [3.05, 3.63) is 0 Å². The molecule has 1 heterocycles. The van der Waals surface area contributed by atoms with Gasteiger partial charge in [-0.25, -0.2) is 0 Å². The Hall–Kier alpha value is -1.01. The van der Waals surface area contributed by atoms with E-state index in [1.54, 1.807) is 4.90 Å². The Bertz CT molecular complexity index is 282. The van der Waals surface area contributed by atoms with Gasteiger partial charge in [0.25, 0.3) is 5.91 Å². The summed E-state index contributed by atoms with van der Waals surface area (Å²) in [6.07, 6.45) is 8.60. The van der Waals surface area contributed by atoms with Gasteiger partial charge in [0, 0.05) is 19.1 Å². The molecule has 0 aromatic rings. The molecule has 0 radical (unpaired) electrons. The van der Waals surface area contributed by atoms with E-state index in [4.69, 9.17) is 12.2 Å². The smallest absolute Gasteiger partial charge is 0.298 e. The SMILES string of the molecule is C#CC(=O)N1CC2CCCC(N)C2C1. The summed E-state index contributed by atoms with van der Waals surface area (Å²) >= 11 is 0. The van der Waals surface area contributed by atoms with Crippen molar-refractivity contribution in [2.75, 3.05) is 13.1 Å². The average Bonchev–Trinajstić information content (AvgIpc) is 2.62. The second kappa shape index (κ2) is 3.62. The molecule has 76 valence electrons. The lowest BCUT2D eigenvalue weighted by Crippen LogP contribution is -2.38. The number of hydrogen-bond donors (Lipinski definition) is 1. The van der Waals surface area contributed by atoms with E-state index < -0.39 is 0 Å². The van der Waals surface area contributed by atoms with Crippen molar-refractivity contribution in [2.45, 2.75) is 25.3 Å². The number of fused-ring (bicyclic) bond motifs is 1. The van der Waals surface area contributed by atoms with Gasteiger partial charge in [0.1, 0.15) is 0 Å². The van der Waals surface area contributed by atoms with E-state index in [9.17, 15) is 4.79 Å². The first-order valence-electron chi connectivity index (χ1n) is 5.23. The summed E-state index contributed by atoms with van der Waals surface area (Å²) in [6.45, 7) is 1.59. The van der Waals surface area contributed by atoms with Crippen LogP contribution in [0.15, 0.2) is 0 Å². The Morgan fingerprint density at radius 2 is 2.21 bits per heavy atom. The summed E-state index contributed by atoms with van der Waals surface area (Å²) < 4.78 is 0. The number of carbonyl (C=O) groups is 1. The molecule has 14 heavy (non-hydrogen) atoms. The molecule has 2 aliphatic rings. The minimum Gasteiger partial charge on any atom is -0.331 e. The van der Waals surface area contributed by atoms with Crippen LogP contribution in [0.1, 0.15) is 19.3 Å². The fraction of sp³-hybridized carbons (Fsp3) is 0.727. The molecule has 0 spiro atoms. The first kappa shape index (κ1) is 9.54. The summed E-state index contributed by atoms with van der Waals surface area (Å²) in [4.78, 5) is 13.1. The maximum Gasteiger partial charge on any atom is 0.298 e. The van der Waals surface area contributed by atoms with Gasteiger partial charge < -0.3 is 10.6 Å². The van der Waals surface area contributed by atoms with Crippen molar-refractivity contribution in [3.8, 4) is 12.3 Å². The van der Waals surface area contributed by atoms with Gasteiger partial charge in [-0.15, -0.1) is 6.42 Å². The fourth-order valence-electron chi connectivity index (χ4n) is 2.77. The molecule has 0 aromatic heterocycles. The maximum absolute atomic E-state index is 11.3. The number of hydrogen-bond acceptors (Lipinski definition) is 2. The van der Waals surface area contributed by atoms with E-state index in [1.165, 1.54) is 12.8 Å². The minimum absolute atomic E-state index is 0.174. The summed E-state index contributed by atoms with van der Waals surface area (Å²) in [5.41, 5.74) is 6.03. The largest absolute Gasteiger partial charge is 0.331 e. The van der Waals surface area contributed by atoms with Crippen LogP contribution in [0.5, 0.6) is 0 Å². The number of likely N-dealkylation sites (tertiary alicyclic amines) is 1. The van der Waals surface area contributed by atoms with Crippen LogP contribution in [-0.2, 0) is 4.79 Å². The molecule has 1 amide bonds. The third-order valence-electron chi connectivity index (χ3n) is 3.56. The van der Waals surface area contributed by atoms with Gasteiger partial charge in [-0.2, -0.15) is 0 Å². The Morgan fingerprint density at radius 1 is 1.43 bits per heavy atom. The van der Waals surface area contributed by atoms with Crippen LogP contribution in [0.4, 0.5) is 0 Å². The van der Waals surface area contributed by atoms with Crippen molar-refractivity contribution in [1.29, 1.82) is 0 Å². The third-order valence-corrected chi connectivity index (χ3v) is 3.56. The van der Waals surface area contributed by atoms with Crippen LogP contribution in [-0.4, -0.2) is 29.9 Å². The van der Waals surface area contributed by atoms with Crippen LogP contribution in [0, 0.1) is 24.2 Å². The average molecular weight is 192 g/mol. The van der Waals surface area contributed by atoms with Crippen LogP contribution in [0.25, 0.3) is 0 Å². The van der Waals surface area contributed by atoms with Gasteiger partial charge in [0.2, 0.25) is 0 Å². The monoisotopic (exact) mass is 192 g/mol. The summed E-state index contributed by atoms with van der Waals surface area (Å²) in [7, 11) is 0. The lowest BCUT2D eigenvalue weighted by atomic mass is 9.78. The summed E-state index contributed by atoms with van der Waals surface area (Å²) in [5, 5.41) is 0. The van der Waals surface area contributed by atoms with Gasteiger partial charge in [-0.05, 0) is 30.6 Å². The first-order valence-corrected chi connectivity index (χ1v) is 5.23. The number of nitrogens with two attached hydrogens (primary N) is 1. The van der Waals surface area contributed by atoms with Crippen LogP contribution in [0.3, 0.4) is 0 Å². The predicted molar refractivity (Wildman–Crippen MR) is 54.2 cm³/mol. The zero-order valence-electron chi connectivity index (χ0n) is 8.28. The molecule has 3 unspecified atom stereocenters. The highest BCUT2D eigenvalue weighted by molar-refractivity contribution is 5.93. The molecule has 0 bridgehead atoms. The van der Waals surface area contributed by atoms with E-state index in [2.05, 4.69) is 5.92 Å². The van der Waals surface area contributed by atoms with Crippen molar-refractivity contribution in [3.63, 3.8) is 0 Å². The molecular weight excluding hydrogens is 176 g/mol. The van der Waals surface area contributed by atoms with Crippen molar-refractivity contribution in [2.24, 2.45) is 17.6 Å². The maximum atomic E-state index is 11.3. The molecule has 0 aromatic carbocycles. The quantitative estimate of drug-likeness (QED) is 0.557. The Morgan fingerprint density at radius 3 is 2.86 bits per heavy atom. The fourth-order valence-corrected chi connectivity index (χ4v) is 2.77. The van der Waals surface area contributed by atoms with E-state index in [0.29, 0.717) is 11.8 Å². The predicted octanol–water partition coefficient (Wildman–Crippen LogP) is 0.205. The summed E-state index contributed by atoms with van der Waals surface area (Å²) in [5.74, 6) is 3.08. The zero-order valence-corrected chi connectivity index (χ0v) is 8.28. The third kappa shape index (κ3) is 1.51. The second-order valence-electron chi connectivity index (χ2n) is 4.37. The Balaban J connectivity index is 2.04. The van der Waals surface area contributed by atoms with Crippen LogP contribution < -0.4 is 5.73 Å².